The molecule has 2 N–H and O–H groups in total. The van der Waals surface area contributed by atoms with Crippen LogP contribution in [0.5, 0.6) is 0 Å². The predicted octanol–water partition coefficient (Wildman–Crippen LogP) is -0.618. The molecule has 0 unspecified atom stereocenters. The molecule has 17 heavy (non-hydrogen) atoms. The van der Waals surface area contributed by atoms with E-state index in [1.165, 1.54) is 7.05 Å². The van der Waals surface area contributed by atoms with E-state index in [4.69, 9.17) is 0 Å². The number of hydrogen-bond acceptors (Lipinski definition) is 4. The van der Waals surface area contributed by atoms with E-state index in [0.29, 0.717) is 13.1 Å². The highest BCUT2D eigenvalue weighted by atomic mass is 32.2. The molecule has 1 amide bonds. The second-order valence-electron chi connectivity index (χ2n) is 5.05. The number of hydrogen-bond donors (Lipinski definition) is 2. The van der Waals surface area contributed by atoms with Crippen molar-refractivity contribution >= 4 is 15.9 Å². The molecule has 0 aromatic rings. The van der Waals surface area contributed by atoms with Crippen LogP contribution in [0.15, 0.2) is 0 Å². The standard InChI is InChI=1S/C10H23N3O3S/c1-10(2,3)12-7-6-11-9(14)8-13(4)17(5,15)16/h12H,6-8H2,1-5H3,(H,11,14). The van der Waals surface area contributed by atoms with Gasteiger partial charge in [0.2, 0.25) is 15.9 Å². The van der Waals surface area contributed by atoms with Crippen LogP contribution in [0.25, 0.3) is 0 Å². The van der Waals surface area contributed by atoms with Gasteiger partial charge in [-0.15, -0.1) is 0 Å². The summed E-state index contributed by atoms with van der Waals surface area (Å²) in [4.78, 5) is 11.4. The van der Waals surface area contributed by atoms with Gasteiger partial charge in [-0.25, -0.2) is 8.42 Å². The van der Waals surface area contributed by atoms with Crippen molar-refractivity contribution in [1.82, 2.24) is 14.9 Å². The van der Waals surface area contributed by atoms with E-state index < -0.39 is 10.0 Å². The molecule has 0 atom stereocenters. The van der Waals surface area contributed by atoms with Crippen molar-refractivity contribution in [2.24, 2.45) is 0 Å². The summed E-state index contributed by atoms with van der Waals surface area (Å²) in [5, 5.41) is 5.86. The zero-order chi connectivity index (χ0) is 13.7. The SMILES string of the molecule is CN(CC(=O)NCCNC(C)(C)C)S(C)(=O)=O. The molecule has 0 spiro atoms. The number of likely N-dealkylation sites (N-methyl/N-ethyl adjacent to an activating group) is 1. The number of nitrogens with zero attached hydrogens (tertiary/aromatic N) is 1. The van der Waals surface area contributed by atoms with Gasteiger partial charge in [0.25, 0.3) is 0 Å². The summed E-state index contributed by atoms with van der Waals surface area (Å²) in [7, 11) is -1.92. The Kier molecular flexibility index (Phi) is 6.08. The fourth-order valence-electron chi connectivity index (χ4n) is 1.01. The van der Waals surface area contributed by atoms with E-state index in [1.807, 2.05) is 20.8 Å². The normalized spacial score (nSPS) is 12.8. The zero-order valence-electron chi connectivity index (χ0n) is 11.2. The molecule has 0 fully saturated rings. The van der Waals surface area contributed by atoms with Crippen LogP contribution in [-0.4, -0.2) is 57.1 Å². The minimum atomic E-state index is -3.29. The van der Waals surface area contributed by atoms with Gasteiger partial charge in [-0.1, -0.05) is 0 Å². The molecule has 7 heteroatoms. The third kappa shape index (κ3) is 9.08. The van der Waals surface area contributed by atoms with E-state index in [0.717, 1.165) is 10.6 Å². The fraction of sp³-hybridized carbons (Fsp3) is 0.900. The summed E-state index contributed by atoms with van der Waals surface area (Å²) in [6.07, 6.45) is 1.07. The van der Waals surface area contributed by atoms with Crippen molar-refractivity contribution in [3.05, 3.63) is 0 Å². The molecule has 0 saturated carbocycles. The van der Waals surface area contributed by atoms with Crippen LogP contribution >= 0.6 is 0 Å². The number of carbonyl (C=O) groups is 1. The molecule has 0 radical (unpaired) electrons. The Labute approximate surface area is 104 Å². The van der Waals surface area contributed by atoms with Gasteiger partial charge < -0.3 is 10.6 Å². The van der Waals surface area contributed by atoms with Crippen molar-refractivity contribution in [2.45, 2.75) is 26.3 Å². The zero-order valence-corrected chi connectivity index (χ0v) is 12.0. The molecular weight excluding hydrogens is 242 g/mol. The maximum atomic E-state index is 11.4. The fourth-order valence-corrected chi connectivity index (χ4v) is 1.37. The lowest BCUT2D eigenvalue weighted by atomic mass is 10.1. The number of nitrogens with one attached hydrogen (secondary N) is 2. The molecule has 0 aromatic heterocycles. The minimum Gasteiger partial charge on any atom is -0.354 e. The van der Waals surface area contributed by atoms with E-state index in [1.54, 1.807) is 0 Å². The monoisotopic (exact) mass is 265 g/mol. The topological polar surface area (TPSA) is 78.5 Å². The molecule has 0 heterocycles. The maximum Gasteiger partial charge on any atom is 0.235 e. The Morgan fingerprint density at radius 2 is 1.76 bits per heavy atom. The summed E-state index contributed by atoms with van der Waals surface area (Å²) in [6.45, 7) is 7.09. The van der Waals surface area contributed by atoms with E-state index in [9.17, 15) is 13.2 Å². The van der Waals surface area contributed by atoms with Crippen LogP contribution in [-0.2, 0) is 14.8 Å². The number of amides is 1. The molecule has 0 aliphatic rings. The van der Waals surface area contributed by atoms with Gasteiger partial charge in [-0.05, 0) is 20.8 Å². The largest absolute Gasteiger partial charge is 0.354 e. The first kappa shape index (κ1) is 16.3. The third-order valence-corrected chi connectivity index (χ3v) is 3.30. The van der Waals surface area contributed by atoms with Crippen LogP contribution in [0, 0.1) is 0 Å². The highest BCUT2D eigenvalue weighted by Gasteiger charge is 2.14. The molecule has 102 valence electrons. The average molecular weight is 265 g/mol. The number of rotatable bonds is 6. The quantitative estimate of drug-likeness (QED) is 0.628. The van der Waals surface area contributed by atoms with Crippen molar-refractivity contribution in [3.63, 3.8) is 0 Å². The van der Waals surface area contributed by atoms with Gasteiger partial charge in [0.1, 0.15) is 0 Å². The summed E-state index contributed by atoms with van der Waals surface area (Å²) in [5.41, 5.74) is 0.00821. The predicted molar refractivity (Wildman–Crippen MR) is 68.2 cm³/mol. The maximum absolute atomic E-state index is 11.4. The number of sulfonamides is 1. The van der Waals surface area contributed by atoms with Gasteiger partial charge in [0.05, 0.1) is 12.8 Å². The minimum absolute atomic E-state index is 0.00821. The van der Waals surface area contributed by atoms with Gasteiger partial charge in [-0.2, -0.15) is 4.31 Å². The Balaban J connectivity index is 3.83. The first-order chi connectivity index (χ1) is 7.52. The second-order valence-corrected chi connectivity index (χ2v) is 7.14. The molecule has 0 aliphatic heterocycles. The Bertz CT molecular complexity index is 346. The molecule has 0 saturated heterocycles. The van der Waals surface area contributed by atoms with Crippen LogP contribution in [0.2, 0.25) is 0 Å². The van der Waals surface area contributed by atoms with Crippen molar-refractivity contribution in [1.29, 1.82) is 0 Å². The Morgan fingerprint density at radius 3 is 2.18 bits per heavy atom. The van der Waals surface area contributed by atoms with Gasteiger partial charge in [0, 0.05) is 25.7 Å². The van der Waals surface area contributed by atoms with Crippen molar-refractivity contribution in [3.8, 4) is 0 Å². The first-order valence-corrected chi connectivity index (χ1v) is 7.30. The molecular formula is C10H23N3O3S. The molecule has 6 nitrogen and oxygen atoms in total. The molecule has 0 bridgehead atoms. The van der Waals surface area contributed by atoms with E-state index >= 15 is 0 Å². The van der Waals surface area contributed by atoms with Crippen LogP contribution in [0.1, 0.15) is 20.8 Å². The highest BCUT2D eigenvalue weighted by molar-refractivity contribution is 7.88. The third-order valence-electron chi connectivity index (χ3n) is 2.03. The van der Waals surface area contributed by atoms with Gasteiger partial charge in [-0.3, -0.25) is 4.79 Å². The van der Waals surface area contributed by atoms with Gasteiger partial charge in [0.15, 0.2) is 0 Å². The van der Waals surface area contributed by atoms with Gasteiger partial charge >= 0.3 is 0 Å². The Morgan fingerprint density at radius 1 is 1.24 bits per heavy atom. The second kappa shape index (κ2) is 6.32. The van der Waals surface area contributed by atoms with Crippen LogP contribution < -0.4 is 10.6 Å². The van der Waals surface area contributed by atoms with Crippen molar-refractivity contribution < 1.29 is 13.2 Å². The highest BCUT2D eigenvalue weighted by Crippen LogP contribution is 1.96. The Hall–Kier alpha value is -0.660. The summed E-state index contributed by atoms with van der Waals surface area (Å²) in [5.74, 6) is -0.298. The van der Waals surface area contributed by atoms with E-state index in [-0.39, 0.29) is 18.0 Å². The first-order valence-electron chi connectivity index (χ1n) is 5.45. The molecule has 0 aromatic carbocycles. The lowest BCUT2D eigenvalue weighted by Gasteiger charge is -2.20. The lowest BCUT2D eigenvalue weighted by molar-refractivity contribution is -0.121. The summed E-state index contributed by atoms with van der Waals surface area (Å²) < 4.78 is 23.1. The molecule has 0 aliphatic carbocycles. The molecule has 0 rings (SSSR count). The van der Waals surface area contributed by atoms with E-state index in [2.05, 4.69) is 10.6 Å². The summed E-state index contributed by atoms with van der Waals surface area (Å²) in [6, 6.07) is 0. The van der Waals surface area contributed by atoms with Crippen LogP contribution in [0.4, 0.5) is 0 Å². The average Bonchev–Trinajstić information content (AvgIpc) is 2.09. The van der Waals surface area contributed by atoms with Crippen LogP contribution in [0.3, 0.4) is 0 Å². The van der Waals surface area contributed by atoms with Crippen molar-refractivity contribution in [2.75, 3.05) is 32.9 Å². The smallest absolute Gasteiger partial charge is 0.235 e. The summed E-state index contributed by atoms with van der Waals surface area (Å²) >= 11 is 0. The lowest BCUT2D eigenvalue weighted by Crippen LogP contribution is -2.43. The number of carbonyl (C=O) groups excluding carboxylic acids is 1.